The Labute approximate surface area is 149 Å². The fraction of sp³-hybridized carbons (Fsp3) is 0. The summed E-state index contributed by atoms with van der Waals surface area (Å²) >= 11 is 0. The smallest absolute Gasteiger partial charge is 0.335 e. The molecule has 0 unspecified atom stereocenters. The van der Waals surface area contributed by atoms with Crippen LogP contribution in [-0.2, 0) is 0 Å². The summed E-state index contributed by atoms with van der Waals surface area (Å²) in [5.74, 6) is 0.0101. The molecule has 3 rings (SSSR count). The summed E-state index contributed by atoms with van der Waals surface area (Å²) in [6.07, 6.45) is 4.89. The number of aromatic nitrogens is 2. The molecule has 7 nitrogen and oxygen atoms in total. The van der Waals surface area contributed by atoms with Gasteiger partial charge in [0, 0.05) is 12.4 Å². The van der Waals surface area contributed by atoms with E-state index in [1.54, 1.807) is 36.8 Å². The van der Waals surface area contributed by atoms with Gasteiger partial charge in [0.25, 0.3) is 0 Å². The third-order valence-corrected chi connectivity index (χ3v) is 3.32. The second-order valence-electron chi connectivity index (χ2n) is 5.16. The van der Waals surface area contributed by atoms with E-state index in [9.17, 15) is 4.79 Å². The fourth-order valence-electron chi connectivity index (χ4n) is 2.06. The second-order valence-corrected chi connectivity index (χ2v) is 5.16. The summed E-state index contributed by atoms with van der Waals surface area (Å²) in [4.78, 5) is 23.8. The van der Waals surface area contributed by atoms with Gasteiger partial charge in [-0.15, -0.1) is 0 Å². The van der Waals surface area contributed by atoms with E-state index < -0.39 is 5.97 Å². The molecule has 0 saturated heterocycles. The van der Waals surface area contributed by atoms with Crippen LogP contribution in [0.2, 0.25) is 0 Å². The summed E-state index contributed by atoms with van der Waals surface area (Å²) in [6.45, 7) is 0. The average molecular weight is 345 g/mol. The van der Waals surface area contributed by atoms with E-state index in [1.165, 1.54) is 12.1 Å². The Kier molecular flexibility index (Phi) is 5.41. The monoisotopic (exact) mass is 345 g/mol. The first-order chi connectivity index (χ1) is 12.7. The predicted octanol–water partition coefficient (Wildman–Crippen LogP) is 2.88. The minimum atomic E-state index is -0.966. The molecule has 2 N–H and O–H groups in total. The van der Waals surface area contributed by atoms with E-state index >= 15 is 0 Å². The number of nitrogens with one attached hydrogen (secondary N) is 1. The number of nitrogens with zero attached hydrogens (tertiary/aromatic N) is 4. The number of rotatable bonds is 5. The van der Waals surface area contributed by atoms with Gasteiger partial charge in [0.1, 0.15) is 5.69 Å². The Hall–Kier alpha value is -3.87. The number of carbonyl (C=O) groups is 1. The number of pyridine rings is 2. The van der Waals surface area contributed by atoms with Crippen molar-refractivity contribution in [3.8, 4) is 0 Å². The zero-order chi connectivity index (χ0) is 18.2. The number of carboxylic acids is 1. The van der Waals surface area contributed by atoms with Gasteiger partial charge in [0.15, 0.2) is 11.7 Å². The molecule has 0 aliphatic carbocycles. The van der Waals surface area contributed by atoms with Crippen LogP contribution in [0.15, 0.2) is 83.2 Å². The van der Waals surface area contributed by atoms with Gasteiger partial charge in [-0.1, -0.05) is 24.3 Å². The zero-order valence-electron chi connectivity index (χ0n) is 13.6. The van der Waals surface area contributed by atoms with Gasteiger partial charge in [0.05, 0.1) is 11.8 Å². The molecule has 3 aromatic rings. The molecule has 2 aromatic heterocycles. The topological polar surface area (TPSA) is 99.8 Å². The van der Waals surface area contributed by atoms with Crippen LogP contribution in [0.5, 0.6) is 0 Å². The summed E-state index contributed by atoms with van der Waals surface area (Å²) in [5, 5.41) is 13.1. The molecule has 0 aliphatic rings. The van der Waals surface area contributed by atoms with Crippen molar-refractivity contribution < 1.29 is 9.90 Å². The molecular weight excluding hydrogens is 330 g/mol. The zero-order valence-corrected chi connectivity index (χ0v) is 13.6. The molecule has 2 heterocycles. The van der Waals surface area contributed by atoms with Gasteiger partial charge in [-0.05, 0) is 42.0 Å². The lowest BCUT2D eigenvalue weighted by Crippen LogP contribution is -2.20. The second kappa shape index (κ2) is 8.29. The normalized spacial score (nSPS) is 11.5. The van der Waals surface area contributed by atoms with Gasteiger partial charge in [-0.3, -0.25) is 10.4 Å². The van der Waals surface area contributed by atoms with Crippen molar-refractivity contribution >= 4 is 23.8 Å². The summed E-state index contributed by atoms with van der Waals surface area (Å²) < 4.78 is 0. The quantitative estimate of drug-likeness (QED) is 0.421. The molecule has 7 heteroatoms. The Bertz CT molecular complexity index is 923. The first kappa shape index (κ1) is 17.0. The lowest BCUT2D eigenvalue weighted by Gasteiger charge is -2.05. The van der Waals surface area contributed by atoms with Crippen LogP contribution in [0.4, 0.5) is 5.82 Å². The Morgan fingerprint density at radius 3 is 2.31 bits per heavy atom. The average Bonchev–Trinajstić information content (AvgIpc) is 2.69. The molecule has 0 amide bonds. The largest absolute Gasteiger partial charge is 0.478 e. The first-order valence-electron chi connectivity index (χ1n) is 7.76. The van der Waals surface area contributed by atoms with E-state index in [1.807, 2.05) is 30.3 Å². The van der Waals surface area contributed by atoms with Crippen LogP contribution < -0.4 is 5.43 Å². The highest BCUT2D eigenvalue weighted by Gasteiger charge is 2.04. The number of aliphatic imine (C=N–C) groups is 1. The molecule has 0 atom stereocenters. The number of hydrogen-bond donors (Lipinski definition) is 2. The summed E-state index contributed by atoms with van der Waals surface area (Å²) in [5.41, 5.74) is 4.47. The maximum Gasteiger partial charge on any atom is 0.335 e. The Morgan fingerprint density at radius 1 is 0.962 bits per heavy atom. The molecule has 26 heavy (non-hydrogen) atoms. The minimum absolute atomic E-state index is 0.223. The van der Waals surface area contributed by atoms with Crippen molar-refractivity contribution in [2.24, 2.45) is 10.1 Å². The van der Waals surface area contributed by atoms with Gasteiger partial charge in [-0.25, -0.2) is 14.8 Å². The number of benzene rings is 1. The van der Waals surface area contributed by atoms with Crippen molar-refractivity contribution in [1.29, 1.82) is 0 Å². The summed E-state index contributed by atoms with van der Waals surface area (Å²) in [6, 6.07) is 17.3. The van der Waals surface area contributed by atoms with Gasteiger partial charge < -0.3 is 5.11 Å². The van der Waals surface area contributed by atoms with Crippen molar-refractivity contribution in [3.63, 3.8) is 0 Å². The molecule has 0 radical (unpaired) electrons. The Morgan fingerprint density at radius 2 is 1.69 bits per heavy atom. The van der Waals surface area contributed by atoms with Crippen LogP contribution >= 0.6 is 0 Å². The van der Waals surface area contributed by atoms with Crippen LogP contribution in [0, 0.1) is 0 Å². The maximum absolute atomic E-state index is 10.9. The highest BCUT2D eigenvalue weighted by atomic mass is 16.4. The molecule has 0 aliphatic heterocycles. The molecule has 0 saturated carbocycles. The van der Waals surface area contributed by atoms with E-state index in [-0.39, 0.29) is 5.56 Å². The van der Waals surface area contributed by atoms with Crippen LogP contribution in [0.3, 0.4) is 0 Å². The third-order valence-electron chi connectivity index (χ3n) is 3.32. The van der Waals surface area contributed by atoms with Crippen molar-refractivity contribution in [3.05, 3.63) is 89.9 Å². The Balaban J connectivity index is 1.80. The molecule has 0 bridgehead atoms. The first-order valence-corrected chi connectivity index (χ1v) is 7.76. The van der Waals surface area contributed by atoms with E-state index in [0.717, 1.165) is 5.56 Å². The highest BCUT2D eigenvalue weighted by Crippen LogP contribution is 2.08. The van der Waals surface area contributed by atoms with Gasteiger partial charge in [0.2, 0.25) is 0 Å². The molecule has 0 fully saturated rings. The number of carboxylic acid groups (broad SMARTS) is 1. The minimum Gasteiger partial charge on any atom is -0.478 e. The molecule has 1 aromatic carbocycles. The van der Waals surface area contributed by atoms with E-state index in [0.29, 0.717) is 17.3 Å². The number of hydrazone groups is 1. The van der Waals surface area contributed by atoms with Crippen molar-refractivity contribution in [2.45, 2.75) is 0 Å². The number of aromatic carboxylic acids is 1. The standard InChI is InChI=1S/C19H15N5O2/c25-19(26)15-9-7-14(8-10-15)13-22-24-18(16-5-1-3-11-20-16)23-17-6-2-4-12-21-17/h1-13H,(H,25,26)(H,21,23,24)/b22-13+. The van der Waals surface area contributed by atoms with Gasteiger partial charge >= 0.3 is 5.97 Å². The van der Waals surface area contributed by atoms with Crippen molar-refractivity contribution in [1.82, 2.24) is 15.4 Å². The SMILES string of the molecule is O=C(O)c1ccc(/C=N/N/C(=N/c2ccccn2)c2ccccn2)cc1. The fourth-order valence-corrected chi connectivity index (χ4v) is 2.06. The summed E-state index contributed by atoms with van der Waals surface area (Å²) in [7, 11) is 0. The molecular formula is C19H15N5O2. The number of hydrogen-bond acceptors (Lipinski definition) is 5. The lowest BCUT2D eigenvalue weighted by molar-refractivity contribution is 0.0697. The van der Waals surface area contributed by atoms with Crippen LogP contribution in [-0.4, -0.2) is 33.1 Å². The molecule has 128 valence electrons. The van der Waals surface area contributed by atoms with Crippen LogP contribution in [0.25, 0.3) is 0 Å². The van der Waals surface area contributed by atoms with Crippen LogP contribution in [0.1, 0.15) is 21.6 Å². The third kappa shape index (κ3) is 4.57. The lowest BCUT2D eigenvalue weighted by atomic mass is 10.1. The predicted molar refractivity (Wildman–Crippen MR) is 98.8 cm³/mol. The highest BCUT2D eigenvalue weighted by molar-refractivity contribution is 5.99. The maximum atomic E-state index is 10.9. The van der Waals surface area contributed by atoms with Gasteiger partial charge in [-0.2, -0.15) is 5.10 Å². The van der Waals surface area contributed by atoms with Crippen molar-refractivity contribution in [2.75, 3.05) is 0 Å². The van der Waals surface area contributed by atoms with E-state index in [4.69, 9.17) is 5.11 Å². The molecule has 0 spiro atoms. The number of amidine groups is 1. The van der Waals surface area contributed by atoms with E-state index in [2.05, 4.69) is 25.5 Å².